The Morgan fingerprint density at radius 1 is 1.08 bits per heavy atom. The van der Waals surface area contributed by atoms with Gasteiger partial charge in [0.2, 0.25) is 11.8 Å². The molecule has 5 aliphatic rings. The molecular weight excluding hydrogens is 673 g/mol. The standard InChI is InChI=1S/C34H41ClN5O8P/c1-5-20-14-39(24-10-22(6-7-23(20)24)48-49(44,45)46)30(41)33-16-34(17-33,18-33)31(42)40-15-21(12-35)28-25(40)11-26(29-27(28)19(2)13-37-29)47-32(43)38(4)9-8-36-3/h6-7,10-11,13,20-21,36-37H,5,8-9,12,14-18H2,1-4H3,(H2,44,45,46). The molecule has 2 aliphatic heterocycles. The fourth-order valence-electron chi connectivity index (χ4n) is 8.52. The molecule has 3 fully saturated rings. The fourth-order valence-corrected chi connectivity index (χ4v) is 9.16. The molecule has 4 N–H and O–H groups in total. The van der Waals surface area contributed by atoms with E-state index in [9.17, 15) is 28.7 Å². The number of aromatic nitrogens is 1. The van der Waals surface area contributed by atoms with Gasteiger partial charge in [-0.25, -0.2) is 9.36 Å². The molecule has 3 heterocycles. The van der Waals surface area contributed by atoms with Gasteiger partial charge in [-0.2, -0.15) is 0 Å². The number of amides is 3. The van der Waals surface area contributed by atoms with Crippen molar-refractivity contribution in [1.82, 2.24) is 15.2 Å². The van der Waals surface area contributed by atoms with Crippen molar-refractivity contribution in [3.8, 4) is 11.5 Å². The predicted molar refractivity (Wildman–Crippen MR) is 185 cm³/mol. The Bertz CT molecular complexity index is 1910. The van der Waals surface area contributed by atoms with Crippen LogP contribution in [0.25, 0.3) is 10.9 Å². The molecule has 3 saturated carbocycles. The van der Waals surface area contributed by atoms with Crippen LogP contribution in [0.15, 0.2) is 30.5 Å². The lowest BCUT2D eigenvalue weighted by atomic mass is 9.34. The van der Waals surface area contributed by atoms with Crippen molar-refractivity contribution < 1.29 is 38.0 Å². The van der Waals surface area contributed by atoms with Crippen LogP contribution in [0, 0.1) is 17.8 Å². The molecule has 3 amide bonds. The second-order valence-corrected chi connectivity index (χ2v) is 15.6. The highest BCUT2D eigenvalue weighted by atomic mass is 35.5. The Morgan fingerprint density at radius 3 is 2.35 bits per heavy atom. The van der Waals surface area contributed by atoms with Gasteiger partial charge < -0.3 is 34.3 Å². The number of hydrogen-bond donors (Lipinski definition) is 4. The van der Waals surface area contributed by atoms with Crippen molar-refractivity contribution in [3.05, 3.63) is 47.2 Å². The van der Waals surface area contributed by atoms with E-state index in [1.807, 2.05) is 27.1 Å². The zero-order valence-electron chi connectivity index (χ0n) is 27.9. The van der Waals surface area contributed by atoms with E-state index in [2.05, 4.69) is 10.3 Å². The molecule has 0 saturated heterocycles. The first-order valence-electron chi connectivity index (χ1n) is 16.6. The molecular formula is C34H41ClN5O8P. The van der Waals surface area contributed by atoms with Gasteiger partial charge >= 0.3 is 13.9 Å². The molecule has 2 atom stereocenters. The number of anilines is 2. The third-order valence-electron chi connectivity index (χ3n) is 10.9. The van der Waals surface area contributed by atoms with Crippen LogP contribution in [-0.4, -0.2) is 83.7 Å². The highest BCUT2D eigenvalue weighted by Gasteiger charge is 2.76. The molecule has 0 radical (unpaired) electrons. The summed E-state index contributed by atoms with van der Waals surface area (Å²) >= 11 is 6.51. The summed E-state index contributed by atoms with van der Waals surface area (Å²) < 4.78 is 22.2. The molecule has 15 heteroatoms. The van der Waals surface area contributed by atoms with E-state index >= 15 is 0 Å². The number of phosphoric ester groups is 1. The van der Waals surface area contributed by atoms with Gasteiger partial charge in [-0.3, -0.25) is 19.4 Å². The van der Waals surface area contributed by atoms with Crippen LogP contribution in [-0.2, 0) is 14.2 Å². The molecule has 262 valence electrons. The van der Waals surface area contributed by atoms with E-state index < -0.39 is 24.7 Å². The molecule has 49 heavy (non-hydrogen) atoms. The first kappa shape index (κ1) is 33.9. The first-order chi connectivity index (χ1) is 23.2. The monoisotopic (exact) mass is 713 g/mol. The Kier molecular flexibility index (Phi) is 8.31. The van der Waals surface area contributed by atoms with Crippen molar-refractivity contribution in [3.63, 3.8) is 0 Å². The van der Waals surface area contributed by atoms with Crippen LogP contribution >= 0.6 is 19.4 Å². The van der Waals surface area contributed by atoms with E-state index in [4.69, 9.17) is 20.9 Å². The second kappa shape index (κ2) is 12.0. The Hall–Kier alpha value is -3.61. The predicted octanol–water partition coefficient (Wildman–Crippen LogP) is 4.98. The summed E-state index contributed by atoms with van der Waals surface area (Å²) in [5, 5.41) is 3.91. The zero-order valence-corrected chi connectivity index (χ0v) is 29.6. The summed E-state index contributed by atoms with van der Waals surface area (Å²) in [6.45, 7) is 5.92. The van der Waals surface area contributed by atoms with Crippen LogP contribution in [0.2, 0.25) is 0 Å². The minimum absolute atomic E-state index is 0.00569. The molecule has 2 aromatic carbocycles. The summed E-state index contributed by atoms with van der Waals surface area (Å²) in [5.41, 5.74) is 3.43. The third kappa shape index (κ3) is 5.41. The van der Waals surface area contributed by atoms with Crippen LogP contribution in [0.4, 0.5) is 16.2 Å². The number of alkyl halides is 1. The van der Waals surface area contributed by atoms with Crippen LogP contribution in [0.5, 0.6) is 11.5 Å². The van der Waals surface area contributed by atoms with Gasteiger partial charge in [0.05, 0.1) is 27.7 Å². The second-order valence-electron chi connectivity index (χ2n) is 14.1. The van der Waals surface area contributed by atoms with Gasteiger partial charge in [-0.05, 0) is 62.4 Å². The lowest BCUT2D eigenvalue weighted by molar-refractivity contribution is -0.205. The van der Waals surface area contributed by atoms with E-state index in [0.29, 0.717) is 74.0 Å². The summed E-state index contributed by atoms with van der Waals surface area (Å²) in [6, 6.07) is 6.57. The highest BCUT2D eigenvalue weighted by molar-refractivity contribution is 7.46. The zero-order chi connectivity index (χ0) is 35.0. The van der Waals surface area contributed by atoms with Gasteiger partial charge in [0.25, 0.3) is 0 Å². The smallest absolute Gasteiger partial charge is 0.408 e. The molecule has 0 spiro atoms. The number of rotatable bonds is 10. The number of ether oxygens (including phenoxy) is 1. The number of nitrogens with zero attached hydrogens (tertiary/aromatic N) is 3. The Morgan fingerprint density at radius 2 is 1.73 bits per heavy atom. The van der Waals surface area contributed by atoms with Crippen molar-refractivity contribution in [2.24, 2.45) is 10.8 Å². The summed E-state index contributed by atoms with van der Waals surface area (Å²) in [7, 11) is -1.30. The number of hydrogen-bond acceptors (Lipinski definition) is 7. The SMILES string of the molecule is CCC1CN(C(=O)C23CC(C(=O)N4CC(CCl)c5c4cc(OC(=O)N(C)CCNC)c4[nH]cc(C)c54)(C2)C3)c2cc(OP(=O)(O)O)ccc21. The molecule has 3 aliphatic carbocycles. The van der Waals surface area contributed by atoms with E-state index in [1.54, 1.807) is 29.0 Å². The fraction of sp³-hybridized carbons (Fsp3) is 0.500. The summed E-state index contributed by atoms with van der Waals surface area (Å²) in [5.74, 6) is 0.458. The maximum Gasteiger partial charge on any atom is 0.524 e. The number of aromatic amines is 1. The van der Waals surface area contributed by atoms with E-state index in [0.717, 1.165) is 28.5 Å². The minimum Gasteiger partial charge on any atom is -0.408 e. The average Bonchev–Trinajstić information content (AvgIpc) is 3.70. The first-order valence-corrected chi connectivity index (χ1v) is 18.6. The van der Waals surface area contributed by atoms with Crippen LogP contribution < -0.4 is 24.4 Å². The van der Waals surface area contributed by atoms with Crippen molar-refractivity contribution in [1.29, 1.82) is 0 Å². The third-order valence-corrected chi connectivity index (χ3v) is 11.7. The maximum atomic E-state index is 14.4. The minimum atomic E-state index is -4.78. The quantitative estimate of drug-likeness (QED) is 0.168. The van der Waals surface area contributed by atoms with Gasteiger partial charge in [-0.1, -0.05) is 13.0 Å². The highest BCUT2D eigenvalue weighted by Crippen LogP contribution is 2.75. The summed E-state index contributed by atoms with van der Waals surface area (Å²) in [4.78, 5) is 68.5. The number of nitrogens with one attached hydrogen (secondary N) is 2. The Labute approximate surface area is 289 Å². The van der Waals surface area contributed by atoms with Crippen molar-refractivity contribution in [2.45, 2.75) is 51.4 Å². The molecule has 2 bridgehead atoms. The number of halogens is 1. The van der Waals surface area contributed by atoms with Crippen LogP contribution in [0.1, 0.15) is 61.1 Å². The number of carbonyl (C=O) groups is 3. The lowest BCUT2D eigenvalue weighted by Gasteiger charge is -2.69. The largest absolute Gasteiger partial charge is 0.524 e. The molecule has 3 aromatic rings. The number of benzene rings is 2. The average molecular weight is 714 g/mol. The van der Waals surface area contributed by atoms with E-state index in [1.165, 1.54) is 17.0 Å². The van der Waals surface area contributed by atoms with Gasteiger partial charge in [0, 0.05) is 74.7 Å². The van der Waals surface area contributed by atoms with Gasteiger partial charge in [0.15, 0.2) is 5.75 Å². The number of aryl methyl sites for hydroxylation is 1. The maximum absolute atomic E-state index is 14.4. The molecule has 8 rings (SSSR count). The molecule has 13 nitrogen and oxygen atoms in total. The van der Waals surface area contributed by atoms with E-state index in [-0.39, 0.29) is 29.4 Å². The number of phosphoric acid groups is 1. The molecule has 1 aromatic heterocycles. The number of H-pyrrole nitrogens is 1. The van der Waals surface area contributed by atoms with Gasteiger partial charge in [-0.15, -0.1) is 11.6 Å². The normalized spacial score (nSPS) is 25.0. The van der Waals surface area contributed by atoms with Crippen molar-refractivity contribution in [2.75, 3.05) is 56.0 Å². The Balaban J connectivity index is 1.14. The number of fused-ring (bicyclic) bond motifs is 4. The van der Waals surface area contributed by atoms with Gasteiger partial charge in [0.1, 0.15) is 5.75 Å². The van der Waals surface area contributed by atoms with Crippen LogP contribution in [0.3, 0.4) is 0 Å². The number of carbonyl (C=O) groups excluding carboxylic acids is 3. The lowest BCUT2D eigenvalue weighted by Crippen LogP contribution is -2.72. The molecule has 2 unspecified atom stereocenters. The van der Waals surface area contributed by atoms with Crippen molar-refractivity contribution >= 4 is 59.6 Å². The summed E-state index contributed by atoms with van der Waals surface area (Å²) in [6.07, 6.45) is 3.39. The number of likely N-dealkylation sites (N-methyl/N-ethyl adjacent to an activating group) is 2. The topological polar surface area (TPSA) is 165 Å².